The highest BCUT2D eigenvalue weighted by Gasteiger charge is 2.08. The van der Waals surface area contributed by atoms with Crippen molar-refractivity contribution in [3.05, 3.63) is 60.2 Å². The number of rotatable bonds is 6. The molecular formula is C19H21N5O2. The largest absolute Gasteiger partial charge is 0.475 e. The Kier molecular flexibility index (Phi) is 5.26. The maximum Gasteiger partial charge on any atom is 0.253 e. The van der Waals surface area contributed by atoms with Crippen LogP contribution in [-0.2, 0) is 13.6 Å². The van der Waals surface area contributed by atoms with Crippen LogP contribution in [0.2, 0.25) is 0 Å². The van der Waals surface area contributed by atoms with Crippen molar-refractivity contribution in [3.63, 3.8) is 0 Å². The van der Waals surface area contributed by atoms with E-state index in [9.17, 15) is 4.79 Å². The van der Waals surface area contributed by atoms with Crippen LogP contribution in [0.3, 0.4) is 0 Å². The highest BCUT2D eigenvalue weighted by atomic mass is 16.5. The molecule has 3 aromatic heterocycles. The SMILES string of the molecule is CC(C)Oc1ccc(C(=O)NCc2ccc(-c3cnn(C)c3)nc2)cn1. The lowest BCUT2D eigenvalue weighted by atomic mass is 10.2. The average Bonchev–Trinajstić information content (AvgIpc) is 3.07. The van der Waals surface area contributed by atoms with Crippen molar-refractivity contribution < 1.29 is 9.53 Å². The fourth-order valence-electron chi connectivity index (χ4n) is 2.36. The summed E-state index contributed by atoms with van der Waals surface area (Å²) in [6.07, 6.45) is 6.98. The van der Waals surface area contributed by atoms with E-state index >= 15 is 0 Å². The van der Waals surface area contributed by atoms with Crippen molar-refractivity contribution >= 4 is 5.91 Å². The van der Waals surface area contributed by atoms with E-state index in [1.54, 1.807) is 29.2 Å². The first kappa shape index (κ1) is 17.6. The second-order valence-corrected chi connectivity index (χ2v) is 6.19. The Bertz CT molecular complexity index is 870. The Labute approximate surface area is 152 Å². The molecule has 26 heavy (non-hydrogen) atoms. The van der Waals surface area contributed by atoms with Crippen molar-refractivity contribution in [2.75, 3.05) is 0 Å². The molecular weight excluding hydrogens is 330 g/mol. The molecule has 1 N–H and O–H groups in total. The van der Waals surface area contributed by atoms with Crippen LogP contribution in [-0.4, -0.2) is 31.8 Å². The van der Waals surface area contributed by atoms with Crippen molar-refractivity contribution in [2.24, 2.45) is 7.05 Å². The molecule has 0 unspecified atom stereocenters. The minimum absolute atomic E-state index is 0.0457. The van der Waals surface area contributed by atoms with E-state index in [1.165, 1.54) is 6.20 Å². The molecule has 0 spiro atoms. The molecule has 134 valence electrons. The second kappa shape index (κ2) is 7.77. The normalized spacial score (nSPS) is 10.8. The number of ether oxygens (including phenoxy) is 1. The first-order valence-electron chi connectivity index (χ1n) is 8.36. The third kappa shape index (κ3) is 4.44. The van der Waals surface area contributed by atoms with Crippen LogP contribution in [0.25, 0.3) is 11.3 Å². The van der Waals surface area contributed by atoms with Crippen LogP contribution in [0.5, 0.6) is 5.88 Å². The molecule has 0 aliphatic heterocycles. The summed E-state index contributed by atoms with van der Waals surface area (Å²) in [5.41, 5.74) is 3.20. The summed E-state index contributed by atoms with van der Waals surface area (Å²) in [6.45, 7) is 4.25. The smallest absolute Gasteiger partial charge is 0.253 e. The van der Waals surface area contributed by atoms with Crippen LogP contribution >= 0.6 is 0 Å². The molecule has 0 saturated carbocycles. The molecule has 0 aliphatic carbocycles. The lowest BCUT2D eigenvalue weighted by Gasteiger charge is -2.09. The van der Waals surface area contributed by atoms with E-state index in [1.807, 2.05) is 39.2 Å². The summed E-state index contributed by atoms with van der Waals surface area (Å²) in [5, 5.41) is 7.00. The summed E-state index contributed by atoms with van der Waals surface area (Å²) in [5.74, 6) is 0.316. The van der Waals surface area contributed by atoms with Crippen LogP contribution in [0.1, 0.15) is 29.8 Å². The number of aromatic nitrogens is 4. The Morgan fingerprint density at radius 1 is 1.15 bits per heavy atom. The second-order valence-electron chi connectivity index (χ2n) is 6.19. The van der Waals surface area contributed by atoms with Gasteiger partial charge in [0.25, 0.3) is 5.91 Å². The van der Waals surface area contributed by atoms with E-state index in [4.69, 9.17) is 4.74 Å². The van der Waals surface area contributed by atoms with Gasteiger partial charge in [-0.05, 0) is 31.5 Å². The first-order chi connectivity index (χ1) is 12.5. The van der Waals surface area contributed by atoms with Crippen molar-refractivity contribution in [1.82, 2.24) is 25.1 Å². The average molecular weight is 351 g/mol. The van der Waals surface area contributed by atoms with Gasteiger partial charge in [-0.3, -0.25) is 14.5 Å². The van der Waals surface area contributed by atoms with Gasteiger partial charge in [-0.25, -0.2) is 4.98 Å². The minimum atomic E-state index is -0.190. The molecule has 0 bridgehead atoms. The molecule has 0 aliphatic rings. The topological polar surface area (TPSA) is 81.9 Å². The Hall–Kier alpha value is -3.22. The summed E-state index contributed by atoms with van der Waals surface area (Å²) in [7, 11) is 1.86. The fraction of sp³-hybridized carbons (Fsp3) is 0.263. The quantitative estimate of drug-likeness (QED) is 0.738. The highest BCUT2D eigenvalue weighted by molar-refractivity contribution is 5.93. The van der Waals surface area contributed by atoms with Gasteiger partial charge in [-0.15, -0.1) is 0 Å². The van der Waals surface area contributed by atoms with Crippen LogP contribution < -0.4 is 10.1 Å². The molecule has 7 nitrogen and oxygen atoms in total. The number of hydrogen-bond acceptors (Lipinski definition) is 5. The van der Waals surface area contributed by atoms with Crippen LogP contribution in [0, 0.1) is 0 Å². The third-order valence-corrected chi connectivity index (χ3v) is 3.63. The predicted octanol–water partition coefficient (Wildman–Crippen LogP) is 2.59. The maximum absolute atomic E-state index is 12.2. The molecule has 0 saturated heterocycles. The number of hydrogen-bond donors (Lipinski definition) is 1. The number of aryl methyl sites for hydroxylation is 1. The summed E-state index contributed by atoms with van der Waals surface area (Å²) in [4.78, 5) is 20.8. The molecule has 0 aromatic carbocycles. The third-order valence-electron chi connectivity index (χ3n) is 3.63. The summed E-state index contributed by atoms with van der Waals surface area (Å²) >= 11 is 0. The standard InChI is InChI=1S/C19H21N5O2/c1-13(2)26-18-7-5-15(10-21-18)19(25)22-9-14-4-6-17(20-8-14)16-11-23-24(3)12-16/h4-8,10-13H,9H2,1-3H3,(H,22,25). The van der Waals surface area contributed by atoms with Gasteiger partial charge in [0.1, 0.15) is 0 Å². The number of pyridine rings is 2. The lowest BCUT2D eigenvalue weighted by molar-refractivity contribution is 0.0950. The highest BCUT2D eigenvalue weighted by Crippen LogP contribution is 2.15. The zero-order valence-corrected chi connectivity index (χ0v) is 15.0. The summed E-state index contributed by atoms with van der Waals surface area (Å²) in [6, 6.07) is 7.24. The van der Waals surface area contributed by atoms with E-state index in [0.717, 1.165) is 16.8 Å². The van der Waals surface area contributed by atoms with Gasteiger partial charge in [-0.2, -0.15) is 5.10 Å². The van der Waals surface area contributed by atoms with E-state index in [-0.39, 0.29) is 12.0 Å². The minimum Gasteiger partial charge on any atom is -0.475 e. The van der Waals surface area contributed by atoms with E-state index in [0.29, 0.717) is 18.0 Å². The maximum atomic E-state index is 12.2. The lowest BCUT2D eigenvalue weighted by Crippen LogP contribution is -2.23. The molecule has 3 heterocycles. The molecule has 0 atom stereocenters. The Morgan fingerprint density at radius 3 is 2.58 bits per heavy atom. The van der Waals surface area contributed by atoms with Gasteiger partial charge in [0.05, 0.1) is 23.6 Å². The van der Waals surface area contributed by atoms with Crippen LogP contribution in [0.15, 0.2) is 49.1 Å². The van der Waals surface area contributed by atoms with Crippen LogP contribution in [0.4, 0.5) is 0 Å². The monoisotopic (exact) mass is 351 g/mol. The van der Waals surface area contributed by atoms with Crippen molar-refractivity contribution in [2.45, 2.75) is 26.5 Å². The number of nitrogens with zero attached hydrogens (tertiary/aromatic N) is 4. The molecule has 7 heteroatoms. The molecule has 3 rings (SSSR count). The molecule has 1 amide bonds. The van der Waals surface area contributed by atoms with E-state index < -0.39 is 0 Å². The van der Waals surface area contributed by atoms with Gasteiger partial charge in [-0.1, -0.05) is 6.07 Å². The van der Waals surface area contributed by atoms with Gasteiger partial charge < -0.3 is 10.1 Å². The van der Waals surface area contributed by atoms with Gasteiger partial charge in [0.15, 0.2) is 0 Å². The van der Waals surface area contributed by atoms with Gasteiger partial charge in [0, 0.05) is 43.8 Å². The number of amides is 1. The summed E-state index contributed by atoms with van der Waals surface area (Å²) < 4.78 is 7.20. The van der Waals surface area contributed by atoms with Crippen molar-refractivity contribution in [1.29, 1.82) is 0 Å². The van der Waals surface area contributed by atoms with Crippen molar-refractivity contribution in [3.8, 4) is 17.1 Å². The Morgan fingerprint density at radius 2 is 2.00 bits per heavy atom. The number of carbonyl (C=O) groups excluding carboxylic acids is 1. The molecule has 0 fully saturated rings. The Balaban J connectivity index is 1.57. The van der Waals surface area contributed by atoms with Gasteiger partial charge in [0.2, 0.25) is 5.88 Å². The molecule has 0 radical (unpaired) electrons. The van der Waals surface area contributed by atoms with Gasteiger partial charge >= 0.3 is 0 Å². The molecule has 3 aromatic rings. The number of carbonyl (C=O) groups is 1. The fourth-order valence-corrected chi connectivity index (χ4v) is 2.36. The first-order valence-corrected chi connectivity index (χ1v) is 8.36. The zero-order valence-electron chi connectivity index (χ0n) is 15.0. The zero-order chi connectivity index (χ0) is 18.5. The predicted molar refractivity (Wildman–Crippen MR) is 97.6 cm³/mol. The number of nitrogens with one attached hydrogen (secondary N) is 1. The van der Waals surface area contributed by atoms with E-state index in [2.05, 4.69) is 20.4 Å².